The lowest BCUT2D eigenvalue weighted by Gasteiger charge is -1.91. The standard InChI is InChI=1S/C13H8ClN3O2S/c14-10(7-9-2-1-5-20-9)13-15-11-4-3-8(17(18)19)6-12(11)16-13/h1-7H,(H,15,16). The highest BCUT2D eigenvalue weighted by Gasteiger charge is 2.11. The summed E-state index contributed by atoms with van der Waals surface area (Å²) in [7, 11) is 0. The van der Waals surface area contributed by atoms with Crippen LogP contribution in [0.5, 0.6) is 0 Å². The molecular weight excluding hydrogens is 298 g/mol. The van der Waals surface area contributed by atoms with E-state index in [0.29, 0.717) is 21.9 Å². The van der Waals surface area contributed by atoms with Gasteiger partial charge in [0.25, 0.3) is 5.69 Å². The van der Waals surface area contributed by atoms with Gasteiger partial charge in [-0.2, -0.15) is 0 Å². The Kier molecular flexibility index (Phi) is 3.25. The van der Waals surface area contributed by atoms with Crippen LogP contribution < -0.4 is 0 Å². The molecule has 0 saturated carbocycles. The van der Waals surface area contributed by atoms with Crippen LogP contribution in [-0.4, -0.2) is 14.9 Å². The van der Waals surface area contributed by atoms with Crippen LogP contribution in [-0.2, 0) is 0 Å². The number of halogens is 1. The molecule has 100 valence electrons. The van der Waals surface area contributed by atoms with E-state index in [9.17, 15) is 10.1 Å². The van der Waals surface area contributed by atoms with E-state index in [0.717, 1.165) is 4.88 Å². The third-order valence-corrected chi connectivity index (χ3v) is 3.82. The Labute approximate surface area is 122 Å². The van der Waals surface area contributed by atoms with Gasteiger partial charge in [-0.05, 0) is 23.6 Å². The van der Waals surface area contributed by atoms with Crippen LogP contribution in [0.2, 0.25) is 0 Å². The van der Waals surface area contributed by atoms with Crippen molar-refractivity contribution in [3.63, 3.8) is 0 Å². The number of nitrogens with zero attached hydrogens (tertiary/aromatic N) is 2. The molecule has 0 aliphatic heterocycles. The summed E-state index contributed by atoms with van der Waals surface area (Å²) in [6.45, 7) is 0. The molecule has 0 saturated heterocycles. The van der Waals surface area contributed by atoms with Crippen LogP contribution in [0.3, 0.4) is 0 Å². The Bertz CT molecular complexity index is 808. The average Bonchev–Trinajstić information content (AvgIpc) is 3.05. The van der Waals surface area contributed by atoms with E-state index in [1.807, 2.05) is 17.5 Å². The van der Waals surface area contributed by atoms with Crippen LogP contribution >= 0.6 is 22.9 Å². The maximum absolute atomic E-state index is 10.7. The van der Waals surface area contributed by atoms with E-state index in [-0.39, 0.29) is 5.69 Å². The summed E-state index contributed by atoms with van der Waals surface area (Å²) >= 11 is 7.78. The normalized spacial score (nSPS) is 11.9. The quantitative estimate of drug-likeness (QED) is 0.580. The van der Waals surface area contributed by atoms with Crippen molar-refractivity contribution < 1.29 is 4.92 Å². The molecule has 5 nitrogen and oxygen atoms in total. The first kappa shape index (κ1) is 12.8. The molecule has 3 aromatic rings. The zero-order chi connectivity index (χ0) is 14.1. The summed E-state index contributed by atoms with van der Waals surface area (Å²) < 4.78 is 0. The van der Waals surface area contributed by atoms with Gasteiger partial charge in [0.05, 0.1) is 21.0 Å². The maximum Gasteiger partial charge on any atom is 0.271 e. The zero-order valence-electron chi connectivity index (χ0n) is 10.0. The van der Waals surface area contributed by atoms with E-state index >= 15 is 0 Å². The van der Waals surface area contributed by atoms with Gasteiger partial charge in [0.15, 0.2) is 0 Å². The Morgan fingerprint density at radius 1 is 1.45 bits per heavy atom. The Balaban J connectivity index is 2.02. The second kappa shape index (κ2) is 5.07. The summed E-state index contributed by atoms with van der Waals surface area (Å²) in [5.74, 6) is 0.496. The van der Waals surface area contributed by atoms with Gasteiger partial charge in [0, 0.05) is 17.0 Å². The number of rotatable bonds is 3. The van der Waals surface area contributed by atoms with Gasteiger partial charge in [-0.1, -0.05) is 17.7 Å². The van der Waals surface area contributed by atoms with E-state index in [1.165, 1.54) is 12.1 Å². The molecule has 0 atom stereocenters. The molecule has 2 aromatic heterocycles. The van der Waals surface area contributed by atoms with Crippen molar-refractivity contribution in [1.82, 2.24) is 9.97 Å². The molecule has 0 spiro atoms. The van der Waals surface area contributed by atoms with Crippen molar-refractivity contribution in [1.29, 1.82) is 0 Å². The topological polar surface area (TPSA) is 71.8 Å². The molecule has 1 aromatic carbocycles. The van der Waals surface area contributed by atoms with Crippen molar-refractivity contribution in [2.24, 2.45) is 0 Å². The number of benzene rings is 1. The molecule has 0 aliphatic carbocycles. The Morgan fingerprint density at radius 3 is 3.00 bits per heavy atom. The lowest BCUT2D eigenvalue weighted by atomic mass is 10.3. The van der Waals surface area contributed by atoms with Crippen LogP contribution in [0.25, 0.3) is 22.1 Å². The first-order chi connectivity index (χ1) is 9.63. The predicted octanol–water partition coefficient (Wildman–Crippen LogP) is 4.27. The Morgan fingerprint density at radius 2 is 2.30 bits per heavy atom. The molecule has 20 heavy (non-hydrogen) atoms. The smallest absolute Gasteiger partial charge is 0.271 e. The SMILES string of the molecule is O=[N+]([O-])c1ccc2nc(C(Cl)=Cc3cccs3)[nH]c2c1. The van der Waals surface area contributed by atoms with Gasteiger partial charge in [0.2, 0.25) is 0 Å². The van der Waals surface area contributed by atoms with Crippen LogP contribution in [0, 0.1) is 10.1 Å². The monoisotopic (exact) mass is 305 g/mol. The van der Waals surface area contributed by atoms with Crippen molar-refractivity contribution in [3.05, 3.63) is 56.5 Å². The average molecular weight is 306 g/mol. The van der Waals surface area contributed by atoms with E-state index in [1.54, 1.807) is 23.5 Å². The van der Waals surface area contributed by atoms with Gasteiger partial charge < -0.3 is 4.98 Å². The number of nitro groups is 1. The molecule has 2 heterocycles. The molecule has 7 heteroatoms. The highest BCUT2D eigenvalue weighted by atomic mass is 35.5. The van der Waals surface area contributed by atoms with Gasteiger partial charge in [-0.15, -0.1) is 11.3 Å². The fourth-order valence-electron chi connectivity index (χ4n) is 1.79. The minimum absolute atomic E-state index is 0.0195. The second-order valence-electron chi connectivity index (χ2n) is 4.05. The van der Waals surface area contributed by atoms with Crippen LogP contribution in [0.1, 0.15) is 10.7 Å². The number of nitrogens with one attached hydrogen (secondary N) is 1. The summed E-state index contributed by atoms with van der Waals surface area (Å²) in [6, 6.07) is 8.34. The summed E-state index contributed by atoms with van der Waals surface area (Å²) in [6.07, 6.45) is 1.80. The van der Waals surface area contributed by atoms with Crippen LogP contribution in [0.4, 0.5) is 5.69 Å². The summed E-state index contributed by atoms with van der Waals surface area (Å²) in [5, 5.41) is 13.2. The number of hydrogen-bond donors (Lipinski definition) is 1. The largest absolute Gasteiger partial charge is 0.337 e. The first-order valence-electron chi connectivity index (χ1n) is 5.69. The zero-order valence-corrected chi connectivity index (χ0v) is 11.6. The van der Waals surface area contributed by atoms with Gasteiger partial charge in [-0.25, -0.2) is 4.98 Å². The lowest BCUT2D eigenvalue weighted by molar-refractivity contribution is -0.384. The van der Waals surface area contributed by atoms with Crippen molar-refractivity contribution in [2.75, 3.05) is 0 Å². The maximum atomic E-state index is 10.7. The van der Waals surface area contributed by atoms with Gasteiger partial charge in [-0.3, -0.25) is 10.1 Å². The third-order valence-electron chi connectivity index (χ3n) is 2.71. The van der Waals surface area contributed by atoms with Crippen molar-refractivity contribution >= 4 is 50.8 Å². The van der Waals surface area contributed by atoms with E-state index in [2.05, 4.69) is 9.97 Å². The van der Waals surface area contributed by atoms with Crippen LogP contribution in [0.15, 0.2) is 35.7 Å². The van der Waals surface area contributed by atoms with E-state index < -0.39 is 4.92 Å². The number of aromatic amines is 1. The summed E-state index contributed by atoms with van der Waals surface area (Å²) in [4.78, 5) is 18.6. The molecule has 3 rings (SSSR count). The lowest BCUT2D eigenvalue weighted by Crippen LogP contribution is -1.86. The molecule has 0 amide bonds. The number of fused-ring (bicyclic) bond motifs is 1. The number of imidazole rings is 1. The fourth-order valence-corrected chi connectivity index (χ4v) is 2.72. The van der Waals surface area contributed by atoms with Crippen molar-refractivity contribution in [2.45, 2.75) is 0 Å². The number of non-ortho nitro benzene ring substituents is 1. The summed E-state index contributed by atoms with van der Waals surface area (Å²) in [5.41, 5.74) is 1.25. The molecule has 0 aliphatic rings. The number of nitro benzene ring substituents is 1. The predicted molar refractivity (Wildman–Crippen MR) is 80.8 cm³/mol. The molecule has 0 bridgehead atoms. The highest BCUT2D eigenvalue weighted by molar-refractivity contribution is 7.11. The molecular formula is C13H8ClN3O2S. The van der Waals surface area contributed by atoms with Gasteiger partial charge >= 0.3 is 0 Å². The molecule has 0 radical (unpaired) electrons. The number of hydrogen-bond acceptors (Lipinski definition) is 4. The van der Waals surface area contributed by atoms with Crippen molar-refractivity contribution in [3.8, 4) is 0 Å². The fraction of sp³-hybridized carbons (Fsp3) is 0. The minimum atomic E-state index is -0.441. The second-order valence-corrected chi connectivity index (χ2v) is 5.44. The number of thiophene rings is 1. The molecule has 1 N–H and O–H groups in total. The first-order valence-corrected chi connectivity index (χ1v) is 6.94. The third kappa shape index (κ3) is 2.43. The minimum Gasteiger partial charge on any atom is -0.337 e. The highest BCUT2D eigenvalue weighted by Crippen LogP contribution is 2.26. The number of H-pyrrole nitrogens is 1. The Hall–Kier alpha value is -2.18. The number of aromatic nitrogens is 2. The molecule has 0 fully saturated rings. The van der Waals surface area contributed by atoms with E-state index in [4.69, 9.17) is 11.6 Å². The molecule has 0 unspecified atom stereocenters. The van der Waals surface area contributed by atoms with Gasteiger partial charge in [0.1, 0.15) is 5.82 Å².